The van der Waals surface area contributed by atoms with Crippen molar-refractivity contribution in [3.05, 3.63) is 61.2 Å². The van der Waals surface area contributed by atoms with Gasteiger partial charge in [0, 0.05) is 37.1 Å². The molecule has 0 aliphatic heterocycles. The third-order valence-corrected chi connectivity index (χ3v) is 2.89. The van der Waals surface area contributed by atoms with Crippen LogP contribution in [0.2, 0.25) is 0 Å². The standard InChI is InChI=1S/C15H20N2.2ClH/c1-4-10-16(11-5-1)14-8-3-9-15-17-12-6-2-7-13-17;;/h1-2,4-7,10-13H,3,8-9,14-15H2;2*1H/q+2;;/p-2. The summed E-state index contributed by atoms with van der Waals surface area (Å²) in [5, 5.41) is 0. The summed E-state index contributed by atoms with van der Waals surface area (Å²) in [6.45, 7) is 2.25. The minimum Gasteiger partial charge on any atom is -1.00 e. The highest BCUT2D eigenvalue weighted by molar-refractivity contribution is 4.84. The molecule has 0 saturated carbocycles. The van der Waals surface area contributed by atoms with Crippen molar-refractivity contribution in [1.82, 2.24) is 0 Å². The number of halogens is 2. The van der Waals surface area contributed by atoms with E-state index in [1.807, 2.05) is 0 Å². The van der Waals surface area contributed by atoms with E-state index < -0.39 is 0 Å². The molecule has 0 radical (unpaired) electrons. The number of nitrogens with zero attached hydrogens (tertiary/aromatic N) is 2. The first-order valence-electron chi connectivity index (χ1n) is 6.33. The molecule has 0 spiro atoms. The second kappa shape index (κ2) is 10.8. The summed E-state index contributed by atoms with van der Waals surface area (Å²) >= 11 is 0. The lowest BCUT2D eigenvalue weighted by Crippen LogP contribution is -3.00. The lowest BCUT2D eigenvalue weighted by atomic mass is 10.2. The Morgan fingerprint density at radius 2 is 0.842 bits per heavy atom. The van der Waals surface area contributed by atoms with E-state index in [4.69, 9.17) is 0 Å². The second-order valence-electron chi connectivity index (χ2n) is 4.29. The van der Waals surface area contributed by atoms with Crippen LogP contribution in [0.15, 0.2) is 61.2 Å². The van der Waals surface area contributed by atoms with Gasteiger partial charge in [-0.05, 0) is 6.42 Å². The fourth-order valence-electron chi connectivity index (χ4n) is 1.93. The third-order valence-electron chi connectivity index (χ3n) is 2.89. The molecule has 0 unspecified atom stereocenters. The average molecular weight is 299 g/mol. The molecule has 2 aromatic rings. The fraction of sp³-hybridized carbons (Fsp3) is 0.333. The predicted octanol–water partition coefficient (Wildman–Crippen LogP) is -3.86. The van der Waals surface area contributed by atoms with E-state index in [1.54, 1.807) is 0 Å². The molecular formula is C15H20Cl2N2. The molecule has 0 atom stereocenters. The van der Waals surface area contributed by atoms with Crippen molar-refractivity contribution in [1.29, 1.82) is 0 Å². The highest BCUT2D eigenvalue weighted by atomic mass is 35.5. The van der Waals surface area contributed by atoms with Crippen LogP contribution >= 0.6 is 0 Å². The van der Waals surface area contributed by atoms with E-state index in [0.29, 0.717) is 0 Å². The minimum absolute atomic E-state index is 0. The Kier molecular flexibility index (Phi) is 10.1. The Bertz CT molecular complexity index is 379. The maximum atomic E-state index is 2.25. The van der Waals surface area contributed by atoms with Gasteiger partial charge in [-0.3, -0.25) is 0 Å². The first kappa shape index (κ1) is 17.9. The molecule has 0 bridgehead atoms. The molecule has 19 heavy (non-hydrogen) atoms. The van der Waals surface area contributed by atoms with Crippen LogP contribution in [0.3, 0.4) is 0 Å². The van der Waals surface area contributed by atoms with Crippen molar-refractivity contribution in [2.75, 3.05) is 0 Å². The number of rotatable bonds is 6. The van der Waals surface area contributed by atoms with E-state index in [1.165, 1.54) is 19.3 Å². The molecule has 104 valence electrons. The molecule has 0 N–H and O–H groups in total. The van der Waals surface area contributed by atoms with Crippen molar-refractivity contribution < 1.29 is 33.9 Å². The van der Waals surface area contributed by atoms with Gasteiger partial charge in [0.2, 0.25) is 0 Å². The molecule has 0 aliphatic carbocycles. The van der Waals surface area contributed by atoms with Crippen LogP contribution in [0.25, 0.3) is 0 Å². The Morgan fingerprint density at radius 1 is 0.474 bits per heavy atom. The van der Waals surface area contributed by atoms with Crippen molar-refractivity contribution in [2.24, 2.45) is 0 Å². The van der Waals surface area contributed by atoms with Gasteiger partial charge in [-0.2, -0.15) is 0 Å². The third kappa shape index (κ3) is 7.14. The normalized spacial score (nSPS) is 9.26. The summed E-state index contributed by atoms with van der Waals surface area (Å²) in [5.41, 5.74) is 0. The van der Waals surface area contributed by atoms with E-state index in [9.17, 15) is 0 Å². The fourth-order valence-corrected chi connectivity index (χ4v) is 1.93. The molecule has 0 amide bonds. The zero-order chi connectivity index (χ0) is 11.8. The first-order chi connectivity index (χ1) is 8.45. The SMILES string of the molecule is [Cl-].[Cl-].c1cc[n+](CCCCC[n+]2ccccc2)cc1. The summed E-state index contributed by atoms with van der Waals surface area (Å²) in [7, 11) is 0. The van der Waals surface area contributed by atoms with Crippen LogP contribution in [0.4, 0.5) is 0 Å². The summed E-state index contributed by atoms with van der Waals surface area (Å²) in [4.78, 5) is 0. The summed E-state index contributed by atoms with van der Waals surface area (Å²) in [6.07, 6.45) is 12.3. The van der Waals surface area contributed by atoms with Crippen LogP contribution in [0.5, 0.6) is 0 Å². The number of hydrogen-bond donors (Lipinski definition) is 0. The van der Waals surface area contributed by atoms with Crippen LogP contribution in [0.1, 0.15) is 19.3 Å². The highest BCUT2D eigenvalue weighted by Gasteiger charge is 2.00. The van der Waals surface area contributed by atoms with Gasteiger partial charge in [0.15, 0.2) is 24.8 Å². The van der Waals surface area contributed by atoms with E-state index in [-0.39, 0.29) is 24.8 Å². The zero-order valence-electron chi connectivity index (χ0n) is 11.0. The summed E-state index contributed by atoms with van der Waals surface area (Å²) in [5.74, 6) is 0. The molecule has 2 heterocycles. The Labute approximate surface area is 127 Å². The van der Waals surface area contributed by atoms with Gasteiger partial charge in [-0.15, -0.1) is 0 Å². The number of unbranched alkanes of at least 4 members (excludes halogenated alkanes) is 2. The second-order valence-corrected chi connectivity index (χ2v) is 4.29. The first-order valence-corrected chi connectivity index (χ1v) is 6.33. The van der Waals surface area contributed by atoms with Gasteiger partial charge < -0.3 is 24.8 Å². The van der Waals surface area contributed by atoms with Crippen LogP contribution in [-0.4, -0.2) is 0 Å². The quantitative estimate of drug-likeness (QED) is 0.381. The minimum atomic E-state index is 0. The molecule has 4 heteroatoms. The van der Waals surface area contributed by atoms with Gasteiger partial charge in [0.1, 0.15) is 13.1 Å². The van der Waals surface area contributed by atoms with E-state index in [0.717, 1.165) is 13.1 Å². The van der Waals surface area contributed by atoms with E-state index in [2.05, 4.69) is 70.3 Å². The van der Waals surface area contributed by atoms with Gasteiger partial charge in [-0.25, -0.2) is 9.13 Å². The largest absolute Gasteiger partial charge is 1.00 e. The Balaban J connectivity index is 0.00000162. The smallest absolute Gasteiger partial charge is 0.168 e. The summed E-state index contributed by atoms with van der Waals surface area (Å²) in [6, 6.07) is 12.4. The summed E-state index contributed by atoms with van der Waals surface area (Å²) < 4.78 is 4.49. The monoisotopic (exact) mass is 298 g/mol. The number of hydrogen-bond acceptors (Lipinski definition) is 0. The van der Waals surface area contributed by atoms with Crippen LogP contribution < -0.4 is 33.9 Å². The van der Waals surface area contributed by atoms with E-state index >= 15 is 0 Å². The molecule has 0 aliphatic rings. The van der Waals surface area contributed by atoms with Crippen LogP contribution in [-0.2, 0) is 13.1 Å². The zero-order valence-corrected chi connectivity index (χ0v) is 12.5. The van der Waals surface area contributed by atoms with Crippen molar-refractivity contribution in [3.8, 4) is 0 Å². The molecular weight excluding hydrogens is 279 g/mol. The van der Waals surface area contributed by atoms with Gasteiger partial charge in [0.25, 0.3) is 0 Å². The molecule has 0 aromatic carbocycles. The lowest BCUT2D eigenvalue weighted by molar-refractivity contribution is -0.701. The average Bonchev–Trinajstić information content (AvgIpc) is 2.41. The van der Waals surface area contributed by atoms with Gasteiger partial charge >= 0.3 is 0 Å². The highest BCUT2D eigenvalue weighted by Crippen LogP contribution is 1.95. The lowest BCUT2D eigenvalue weighted by Gasteiger charge is -1.97. The van der Waals surface area contributed by atoms with Crippen molar-refractivity contribution >= 4 is 0 Å². The number of aromatic nitrogens is 2. The molecule has 0 fully saturated rings. The maximum Gasteiger partial charge on any atom is 0.168 e. The van der Waals surface area contributed by atoms with Crippen molar-refractivity contribution in [3.63, 3.8) is 0 Å². The predicted molar refractivity (Wildman–Crippen MR) is 67.1 cm³/mol. The van der Waals surface area contributed by atoms with Crippen LogP contribution in [0, 0.1) is 0 Å². The topological polar surface area (TPSA) is 7.76 Å². The number of aryl methyl sites for hydroxylation is 2. The maximum absolute atomic E-state index is 2.25. The molecule has 2 aromatic heterocycles. The molecule has 0 saturated heterocycles. The Morgan fingerprint density at radius 3 is 1.21 bits per heavy atom. The Hall–Kier alpha value is -1.12. The number of pyridine rings is 2. The van der Waals surface area contributed by atoms with Gasteiger partial charge in [0.05, 0.1) is 0 Å². The molecule has 2 nitrogen and oxygen atoms in total. The molecule has 2 rings (SSSR count). The van der Waals surface area contributed by atoms with Gasteiger partial charge in [-0.1, -0.05) is 12.1 Å². The van der Waals surface area contributed by atoms with Crippen molar-refractivity contribution in [2.45, 2.75) is 32.4 Å².